The Hall–Kier alpha value is -0.980. The van der Waals surface area contributed by atoms with Gasteiger partial charge in [0.05, 0.1) is 14.1 Å². The first kappa shape index (κ1) is 11.1. The van der Waals surface area contributed by atoms with E-state index in [0.717, 1.165) is 0 Å². The van der Waals surface area contributed by atoms with Gasteiger partial charge in [-0.2, -0.15) is 0 Å². The zero-order chi connectivity index (χ0) is 10.9. The van der Waals surface area contributed by atoms with Gasteiger partial charge in [-0.1, -0.05) is 6.07 Å². The third-order valence-corrected chi connectivity index (χ3v) is 2.74. The SMILES string of the molecule is CC(=O)c1c(C)ccc(I)c1[N+](=O)[O-]. The molecule has 0 spiro atoms. The molecule has 5 heteroatoms. The van der Waals surface area contributed by atoms with Crippen LogP contribution in [0.1, 0.15) is 22.8 Å². The maximum Gasteiger partial charge on any atom is 0.293 e. The van der Waals surface area contributed by atoms with Crippen molar-refractivity contribution >= 4 is 34.1 Å². The van der Waals surface area contributed by atoms with E-state index in [9.17, 15) is 14.9 Å². The van der Waals surface area contributed by atoms with Crippen molar-refractivity contribution < 1.29 is 9.72 Å². The van der Waals surface area contributed by atoms with Gasteiger partial charge in [-0.15, -0.1) is 0 Å². The lowest BCUT2D eigenvalue weighted by molar-refractivity contribution is -0.386. The van der Waals surface area contributed by atoms with Gasteiger partial charge in [0.1, 0.15) is 0 Å². The largest absolute Gasteiger partial charge is 0.294 e. The topological polar surface area (TPSA) is 60.2 Å². The number of hydrogen-bond acceptors (Lipinski definition) is 3. The van der Waals surface area contributed by atoms with Crippen LogP contribution in [-0.4, -0.2) is 10.7 Å². The highest BCUT2D eigenvalue weighted by Gasteiger charge is 2.22. The molecule has 0 aliphatic rings. The van der Waals surface area contributed by atoms with Gasteiger partial charge in [0.2, 0.25) is 0 Å². The first-order valence-electron chi connectivity index (χ1n) is 3.89. The minimum Gasteiger partial charge on any atom is -0.294 e. The predicted molar refractivity (Wildman–Crippen MR) is 60.6 cm³/mol. The standard InChI is InChI=1S/C9H8INO3/c1-5-3-4-7(10)9(11(13)14)8(5)6(2)12/h3-4H,1-2H3. The van der Waals surface area contributed by atoms with Crippen molar-refractivity contribution in [2.75, 3.05) is 0 Å². The average Bonchev–Trinajstić information content (AvgIpc) is 2.07. The third kappa shape index (κ3) is 1.92. The molecule has 0 heterocycles. The highest BCUT2D eigenvalue weighted by Crippen LogP contribution is 2.28. The Morgan fingerprint density at radius 3 is 2.43 bits per heavy atom. The summed E-state index contributed by atoms with van der Waals surface area (Å²) < 4.78 is 0.489. The van der Waals surface area contributed by atoms with Gasteiger partial charge in [-0.3, -0.25) is 14.9 Å². The van der Waals surface area contributed by atoms with Crippen molar-refractivity contribution in [2.45, 2.75) is 13.8 Å². The number of Topliss-reactive ketones (excluding diaryl/α,β-unsaturated/α-hetero) is 1. The molecule has 1 rings (SSSR count). The minimum atomic E-state index is -0.508. The Kier molecular flexibility index (Phi) is 3.20. The van der Waals surface area contributed by atoms with Crippen LogP contribution in [0.4, 0.5) is 5.69 Å². The highest BCUT2D eigenvalue weighted by molar-refractivity contribution is 14.1. The molecule has 1 aromatic carbocycles. The molecule has 0 aromatic heterocycles. The number of ketones is 1. The number of halogens is 1. The summed E-state index contributed by atoms with van der Waals surface area (Å²) in [4.78, 5) is 21.5. The number of nitro benzene ring substituents is 1. The summed E-state index contributed by atoms with van der Waals surface area (Å²) in [6.45, 7) is 3.03. The monoisotopic (exact) mass is 305 g/mol. The van der Waals surface area contributed by atoms with Gasteiger partial charge in [0, 0.05) is 0 Å². The predicted octanol–water partition coefficient (Wildman–Crippen LogP) is 2.71. The van der Waals surface area contributed by atoms with Crippen LogP contribution in [0.2, 0.25) is 0 Å². The summed E-state index contributed by atoms with van der Waals surface area (Å²) in [6, 6.07) is 3.35. The van der Waals surface area contributed by atoms with Crippen LogP contribution in [0.25, 0.3) is 0 Å². The summed E-state index contributed by atoms with van der Waals surface area (Å²) in [5, 5.41) is 10.7. The van der Waals surface area contributed by atoms with E-state index >= 15 is 0 Å². The summed E-state index contributed by atoms with van der Waals surface area (Å²) >= 11 is 1.86. The molecule has 74 valence electrons. The van der Waals surface area contributed by atoms with Crippen LogP contribution in [-0.2, 0) is 0 Å². The Balaban J connectivity index is 3.58. The van der Waals surface area contributed by atoms with E-state index in [-0.39, 0.29) is 17.0 Å². The van der Waals surface area contributed by atoms with Gasteiger partial charge in [0.15, 0.2) is 5.78 Å². The van der Waals surface area contributed by atoms with Crippen molar-refractivity contribution in [3.8, 4) is 0 Å². The molecule has 0 saturated heterocycles. The quantitative estimate of drug-likeness (QED) is 0.365. The molecular formula is C9H8INO3. The number of benzene rings is 1. The summed E-state index contributed by atoms with van der Waals surface area (Å²) in [6.07, 6.45) is 0. The maximum atomic E-state index is 11.2. The smallest absolute Gasteiger partial charge is 0.293 e. The summed E-state index contributed by atoms with van der Waals surface area (Å²) in [7, 11) is 0. The van der Waals surface area contributed by atoms with E-state index in [1.54, 1.807) is 19.1 Å². The Labute approximate surface area is 94.6 Å². The zero-order valence-electron chi connectivity index (χ0n) is 7.70. The second-order valence-corrected chi connectivity index (χ2v) is 4.06. The van der Waals surface area contributed by atoms with Crippen molar-refractivity contribution in [3.05, 3.63) is 36.9 Å². The molecule has 0 aliphatic heterocycles. The summed E-state index contributed by atoms with van der Waals surface area (Å²) in [5.41, 5.74) is 0.768. The van der Waals surface area contributed by atoms with Gasteiger partial charge in [-0.25, -0.2) is 0 Å². The van der Waals surface area contributed by atoms with Gasteiger partial charge < -0.3 is 0 Å². The number of rotatable bonds is 2. The van der Waals surface area contributed by atoms with Crippen molar-refractivity contribution in [1.29, 1.82) is 0 Å². The van der Waals surface area contributed by atoms with Crippen LogP contribution in [0.5, 0.6) is 0 Å². The Morgan fingerprint density at radius 2 is 2.07 bits per heavy atom. The van der Waals surface area contributed by atoms with E-state index in [2.05, 4.69) is 0 Å². The second-order valence-electron chi connectivity index (χ2n) is 2.90. The number of aryl methyl sites for hydroxylation is 1. The molecule has 0 atom stereocenters. The molecule has 4 nitrogen and oxygen atoms in total. The highest BCUT2D eigenvalue weighted by atomic mass is 127. The first-order chi connectivity index (χ1) is 6.45. The minimum absolute atomic E-state index is 0.0851. The molecule has 0 aliphatic carbocycles. The third-order valence-electron chi connectivity index (χ3n) is 1.87. The molecule has 0 fully saturated rings. The lowest BCUT2D eigenvalue weighted by Gasteiger charge is -2.04. The van der Waals surface area contributed by atoms with Crippen LogP contribution < -0.4 is 0 Å². The van der Waals surface area contributed by atoms with Crippen LogP contribution >= 0.6 is 22.6 Å². The number of nitrogens with zero attached hydrogens (tertiary/aromatic N) is 1. The van der Waals surface area contributed by atoms with Crippen LogP contribution in [0.3, 0.4) is 0 Å². The second kappa shape index (κ2) is 4.04. The lowest BCUT2D eigenvalue weighted by atomic mass is 10.0. The molecular weight excluding hydrogens is 297 g/mol. The molecule has 0 saturated carbocycles. The van der Waals surface area contributed by atoms with Gasteiger partial charge in [0.25, 0.3) is 5.69 Å². The van der Waals surface area contributed by atoms with E-state index in [1.165, 1.54) is 6.92 Å². The number of carbonyl (C=O) groups is 1. The molecule has 0 unspecified atom stereocenters. The van der Waals surface area contributed by atoms with E-state index in [4.69, 9.17) is 0 Å². The number of hydrogen-bond donors (Lipinski definition) is 0. The zero-order valence-corrected chi connectivity index (χ0v) is 9.86. The lowest BCUT2D eigenvalue weighted by Crippen LogP contribution is -2.04. The normalized spacial score (nSPS) is 9.93. The van der Waals surface area contributed by atoms with Gasteiger partial charge in [-0.05, 0) is 48.1 Å². The van der Waals surface area contributed by atoms with E-state index < -0.39 is 4.92 Å². The average molecular weight is 305 g/mol. The molecule has 0 radical (unpaired) electrons. The van der Waals surface area contributed by atoms with Gasteiger partial charge >= 0.3 is 0 Å². The fraction of sp³-hybridized carbons (Fsp3) is 0.222. The number of carbonyl (C=O) groups excluding carboxylic acids is 1. The van der Waals surface area contributed by atoms with Crippen LogP contribution in [0.15, 0.2) is 12.1 Å². The fourth-order valence-corrected chi connectivity index (χ4v) is 1.94. The molecule has 0 bridgehead atoms. The molecule has 14 heavy (non-hydrogen) atoms. The van der Waals surface area contributed by atoms with Crippen molar-refractivity contribution in [3.63, 3.8) is 0 Å². The first-order valence-corrected chi connectivity index (χ1v) is 4.97. The van der Waals surface area contributed by atoms with E-state index in [1.807, 2.05) is 22.6 Å². The molecule has 0 N–H and O–H groups in total. The van der Waals surface area contributed by atoms with Crippen LogP contribution in [0, 0.1) is 20.6 Å². The Bertz CT molecular complexity index is 376. The maximum absolute atomic E-state index is 11.2. The number of nitro groups is 1. The summed E-state index contributed by atoms with van der Waals surface area (Å²) in [5.74, 6) is -0.271. The fourth-order valence-electron chi connectivity index (χ4n) is 1.29. The van der Waals surface area contributed by atoms with Crippen molar-refractivity contribution in [2.24, 2.45) is 0 Å². The van der Waals surface area contributed by atoms with E-state index in [0.29, 0.717) is 9.13 Å². The molecule has 1 aromatic rings. The molecule has 0 amide bonds. The Morgan fingerprint density at radius 1 is 1.50 bits per heavy atom. The van der Waals surface area contributed by atoms with Crippen molar-refractivity contribution in [1.82, 2.24) is 0 Å².